The Bertz CT molecular complexity index is 338. The van der Waals surface area contributed by atoms with Gasteiger partial charge in [0.15, 0.2) is 5.96 Å². The van der Waals surface area contributed by atoms with Crippen molar-refractivity contribution in [3.8, 4) is 0 Å². The summed E-state index contributed by atoms with van der Waals surface area (Å²) in [5.74, 6) is 1.77. The number of nitrogens with zero attached hydrogens (tertiary/aromatic N) is 1. The van der Waals surface area contributed by atoms with E-state index in [1.165, 1.54) is 25.7 Å². The zero-order valence-electron chi connectivity index (χ0n) is 14.2. The third-order valence-electron chi connectivity index (χ3n) is 5.00. The molecule has 130 valence electrons. The number of guanidine groups is 1. The highest BCUT2D eigenvalue weighted by molar-refractivity contribution is 14.0. The van der Waals surface area contributed by atoms with E-state index in [1.54, 1.807) is 7.11 Å². The molecule has 0 aromatic carbocycles. The Hall–Kier alpha value is -0.0800. The van der Waals surface area contributed by atoms with Gasteiger partial charge in [0, 0.05) is 52.8 Å². The Labute approximate surface area is 152 Å². The predicted molar refractivity (Wildman–Crippen MR) is 101 cm³/mol. The first-order valence-corrected chi connectivity index (χ1v) is 8.27. The van der Waals surface area contributed by atoms with E-state index < -0.39 is 0 Å². The highest BCUT2D eigenvalue weighted by atomic mass is 127. The molecule has 1 aliphatic carbocycles. The van der Waals surface area contributed by atoms with Gasteiger partial charge in [0.05, 0.1) is 5.60 Å². The normalized spacial score (nSPS) is 28.6. The molecule has 1 saturated heterocycles. The van der Waals surface area contributed by atoms with Crippen molar-refractivity contribution in [2.24, 2.45) is 10.9 Å². The molecule has 6 heteroatoms. The number of ether oxygens (including phenoxy) is 2. The fraction of sp³-hybridized carbons (Fsp3) is 0.938. The van der Waals surface area contributed by atoms with Crippen LogP contribution in [0.3, 0.4) is 0 Å². The van der Waals surface area contributed by atoms with Gasteiger partial charge < -0.3 is 20.1 Å². The second-order valence-corrected chi connectivity index (χ2v) is 6.53. The zero-order valence-corrected chi connectivity index (χ0v) is 16.5. The van der Waals surface area contributed by atoms with Crippen molar-refractivity contribution in [2.45, 2.75) is 57.1 Å². The van der Waals surface area contributed by atoms with Crippen LogP contribution in [0.1, 0.15) is 45.4 Å². The summed E-state index contributed by atoms with van der Waals surface area (Å²) in [7, 11) is 3.63. The van der Waals surface area contributed by atoms with Gasteiger partial charge >= 0.3 is 0 Å². The number of hydrogen-bond donors (Lipinski definition) is 2. The second kappa shape index (κ2) is 9.93. The number of methoxy groups -OCH3 is 1. The van der Waals surface area contributed by atoms with E-state index in [-0.39, 0.29) is 29.6 Å². The Kier molecular flexibility index (Phi) is 9.01. The quantitative estimate of drug-likeness (QED) is 0.413. The van der Waals surface area contributed by atoms with Crippen LogP contribution in [0.25, 0.3) is 0 Å². The number of halogens is 1. The Morgan fingerprint density at radius 1 is 1.23 bits per heavy atom. The zero-order chi connectivity index (χ0) is 15.1. The van der Waals surface area contributed by atoms with Gasteiger partial charge in [-0.3, -0.25) is 4.99 Å². The third kappa shape index (κ3) is 5.85. The molecule has 1 saturated carbocycles. The standard InChI is InChI=1S/C16H31N3O2.HI/c1-13-4-6-14(7-5-13)19-15(17-2)18-12-16(20-3)8-10-21-11-9-16;/h13-14H,4-12H2,1-3H3,(H2,17,18,19);1H. The second-order valence-electron chi connectivity index (χ2n) is 6.53. The minimum Gasteiger partial charge on any atom is -0.381 e. The molecule has 2 rings (SSSR count). The first-order chi connectivity index (χ1) is 10.2. The lowest BCUT2D eigenvalue weighted by Crippen LogP contribution is -2.52. The van der Waals surface area contributed by atoms with Gasteiger partial charge in [0.2, 0.25) is 0 Å². The molecule has 0 radical (unpaired) electrons. The molecule has 0 spiro atoms. The van der Waals surface area contributed by atoms with E-state index in [9.17, 15) is 0 Å². The predicted octanol–water partition coefficient (Wildman–Crippen LogP) is 2.54. The summed E-state index contributed by atoms with van der Waals surface area (Å²) in [6, 6.07) is 0.556. The molecule has 0 bridgehead atoms. The minimum atomic E-state index is -0.114. The SMILES string of the molecule is CN=C(NCC1(OC)CCOCC1)NC1CCC(C)CC1.I. The van der Waals surface area contributed by atoms with Crippen LogP contribution in [0.4, 0.5) is 0 Å². The van der Waals surface area contributed by atoms with Crippen molar-refractivity contribution < 1.29 is 9.47 Å². The van der Waals surface area contributed by atoms with Crippen LogP contribution < -0.4 is 10.6 Å². The van der Waals surface area contributed by atoms with Crippen LogP contribution in [0.5, 0.6) is 0 Å². The maximum atomic E-state index is 5.75. The monoisotopic (exact) mass is 425 g/mol. The van der Waals surface area contributed by atoms with E-state index in [4.69, 9.17) is 9.47 Å². The van der Waals surface area contributed by atoms with Crippen LogP contribution in [0.2, 0.25) is 0 Å². The fourth-order valence-corrected chi connectivity index (χ4v) is 3.23. The number of nitrogens with one attached hydrogen (secondary N) is 2. The molecule has 1 heterocycles. The lowest BCUT2D eigenvalue weighted by atomic mass is 9.87. The maximum absolute atomic E-state index is 5.75. The Balaban J connectivity index is 0.00000242. The molecule has 0 aromatic heterocycles. The van der Waals surface area contributed by atoms with E-state index in [0.29, 0.717) is 6.04 Å². The van der Waals surface area contributed by atoms with Crippen molar-refractivity contribution in [1.29, 1.82) is 0 Å². The summed E-state index contributed by atoms with van der Waals surface area (Å²) in [5.41, 5.74) is -0.114. The molecule has 2 aliphatic rings. The van der Waals surface area contributed by atoms with E-state index in [2.05, 4.69) is 22.5 Å². The van der Waals surface area contributed by atoms with E-state index in [0.717, 1.165) is 44.5 Å². The summed E-state index contributed by atoms with van der Waals surface area (Å²) >= 11 is 0. The molecule has 0 unspecified atom stereocenters. The lowest BCUT2D eigenvalue weighted by Gasteiger charge is -2.37. The summed E-state index contributed by atoms with van der Waals surface area (Å²) in [6.07, 6.45) is 6.99. The van der Waals surface area contributed by atoms with Gasteiger partial charge in [0.25, 0.3) is 0 Å². The van der Waals surface area contributed by atoms with Crippen molar-refractivity contribution >= 4 is 29.9 Å². The summed E-state index contributed by atoms with van der Waals surface area (Å²) in [5, 5.41) is 7.01. The number of rotatable bonds is 4. The first-order valence-electron chi connectivity index (χ1n) is 8.27. The van der Waals surface area contributed by atoms with Crippen molar-refractivity contribution in [2.75, 3.05) is 33.9 Å². The fourth-order valence-electron chi connectivity index (χ4n) is 3.23. The summed E-state index contributed by atoms with van der Waals surface area (Å²) in [6.45, 7) is 4.69. The molecule has 2 fully saturated rings. The van der Waals surface area contributed by atoms with E-state index in [1.807, 2.05) is 7.05 Å². The van der Waals surface area contributed by atoms with Gasteiger partial charge in [-0.05, 0) is 31.6 Å². The van der Waals surface area contributed by atoms with Gasteiger partial charge in [-0.2, -0.15) is 0 Å². The molecule has 0 amide bonds. The van der Waals surface area contributed by atoms with Crippen molar-refractivity contribution in [1.82, 2.24) is 10.6 Å². The van der Waals surface area contributed by atoms with Crippen molar-refractivity contribution in [3.05, 3.63) is 0 Å². The maximum Gasteiger partial charge on any atom is 0.191 e. The van der Waals surface area contributed by atoms with Gasteiger partial charge in [0.1, 0.15) is 0 Å². The van der Waals surface area contributed by atoms with Crippen LogP contribution in [0.15, 0.2) is 4.99 Å². The summed E-state index contributed by atoms with van der Waals surface area (Å²) in [4.78, 5) is 4.36. The highest BCUT2D eigenvalue weighted by Crippen LogP contribution is 2.24. The molecule has 0 aromatic rings. The minimum absolute atomic E-state index is 0. The van der Waals surface area contributed by atoms with Crippen molar-refractivity contribution in [3.63, 3.8) is 0 Å². The molecular weight excluding hydrogens is 393 g/mol. The molecule has 0 atom stereocenters. The summed E-state index contributed by atoms with van der Waals surface area (Å²) < 4.78 is 11.2. The van der Waals surface area contributed by atoms with E-state index >= 15 is 0 Å². The Morgan fingerprint density at radius 2 is 1.86 bits per heavy atom. The van der Waals surface area contributed by atoms with Crippen LogP contribution >= 0.6 is 24.0 Å². The third-order valence-corrected chi connectivity index (χ3v) is 5.00. The first kappa shape index (κ1) is 20.0. The average molecular weight is 425 g/mol. The Morgan fingerprint density at radius 3 is 2.41 bits per heavy atom. The van der Waals surface area contributed by atoms with Crippen LogP contribution in [-0.2, 0) is 9.47 Å². The molecule has 22 heavy (non-hydrogen) atoms. The molecule has 1 aliphatic heterocycles. The molecule has 5 nitrogen and oxygen atoms in total. The average Bonchev–Trinajstić information content (AvgIpc) is 2.54. The van der Waals surface area contributed by atoms with Gasteiger partial charge in [-0.15, -0.1) is 24.0 Å². The molecular formula is C16H32IN3O2. The van der Waals surface area contributed by atoms with Gasteiger partial charge in [-0.25, -0.2) is 0 Å². The lowest BCUT2D eigenvalue weighted by molar-refractivity contribution is -0.0855. The largest absolute Gasteiger partial charge is 0.381 e. The number of hydrogen-bond acceptors (Lipinski definition) is 3. The van der Waals surface area contributed by atoms with Crippen LogP contribution in [-0.4, -0.2) is 51.5 Å². The highest BCUT2D eigenvalue weighted by Gasteiger charge is 2.32. The topological polar surface area (TPSA) is 54.9 Å². The van der Waals surface area contributed by atoms with Gasteiger partial charge in [-0.1, -0.05) is 6.92 Å². The number of aliphatic imine (C=N–C) groups is 1. The molecule has 2 N–H and O–H groups in total. The smallest absolute Gasteiger partial charge is 0.191 e. The van der Waals surface area contributed by atoms with Crippen LogP contribution in [0, 0.1) is 5.92 Å².